The number of H-pyrrole nitrogens is 1. The van der Waals surface area contributed by atoms with Crippen molar-refractivity contribution in [3.05, 3.63) is 40.3 Å². The Hall–Kier alpha value is -1.09. The van der Waals surface area contributed by atoms with Crippen molar-refractivity contribution in [3.8, 4) is 11.3 Å². The third-order valence-electron chi connectivity index (χ3n) is 2.55. The summed E-state index contributed by atoms with van der Waals surface area (Å²) < 4.78 is 1.08. The lowest BCUT2D eigenvalue weighted by atomic mass is 10.1. The topological polar surface area (TPSA) is 28.7 Å². The molecule has 0 unspecified atom stereocenters. The summed E-state index contributed by atoms with van der Waals surface area (Å²) in [5.74, 6) is 1.48. The number of aromatic nitrogens is 2. The van der Waals surface area contributed by atoms with E-state index in [1.54, 1.807) is 0 Å². The van der Waals surface area contributed by atoms with Crippen LogP contribution in [0.1, 0.15) is 31.3 Å². The average molecular weight is 279 g/mol. The molecule has 0 spiro atoms. The monoisotopic (exact) mass is 278 g/mol. The Bertz CT molecular complexity index is 500. The lowest BCUT2D eigenvalue weighted by Crippen LogP contribution is -1.89. The predicted molar refractivity (Wildman–Crippen MR) is 70.5 cm³/mol. The number of hydrogen-bond acceptors (Lipinski definition) is 1. The zero-order chi connectivity index (χ0) is 11.7. The maximum atomic E-state index is 4.64. The molecule has 16 heavy (non-hydrogen) atoms. The number of nitrogens with zero attached hydrogens (tertiary/aromatic N) is 1. The molecular formula is C13H15BrN2. The van der Waals surface area contributed by atoms with Crippen LogP contribution in [0.15, 0.2) is 28.7 Å². The van der Waals surface area contributed by atoms with Crippen LogP contribution >= 0.6 is 15.9 Å². The highest BCUT2D eigenvalue weighted by Crippen LogP contribution is 2.25. The third-order valence-corrected chi connectivity index (χ3v) is 3.04. The zero-order valence-corrected chi connectivity index (χ0v) is 11.3. The average Bonchev–Trinajstić information content (AvgIpc) is 2.60. The lowest BCUT2D eigenvalue weighted by Gasteiger charge is -1.99. The molecule has 3 heteroatoms. The van der Waals surface area contributed by atoms with E-state index < -0.39 is 0 Å². The van der Waals surface area contributed by atoms with E-state index >= 15 is 0 Å². The van der Waals surface area contributed by atoms with Crippen LogP contribution in [0, 0.1) is 6.92 Å². The highest BCUT2D eigenvalue weighted by atomic mass is 79.9. The minimum absolute atomic E-state index is 0.430. The molecule has 0 bridgehead atoms. The molecule has 2 rings (SSSR count). The van der Waals surface area contributed by atoms with E-state index in [9.17, 15) is 0 Å². The van der Waals surface area contributed by atoms with Crippen LogP contribution < -0.4 is 0 Å². The minimum Gasteiger partial charge on any atom is -0.345 e. The Morgan fingerprint density at radius 2 is 2.06 bits per heavy atom. The van der Waals surface area contributed by atoms with Gasteiger partial charge in [-0.25, -0.2) is 4.98 Å². The number of imidazole rings is 1. The molecule has 1 aromatic carbocycles. The van der Waals surface area contributed by atoms with E-state index in [1.807, 2.05) is 12.1 Å². The first-order valence-electron chi connectivity index (χ1n) is 5.40. The standard InChI is InChI=1S/C13H15BrN2/c1-8(2)13-15-9(3)12(16-13)10-5-4-6-11(14)7-10/h4-8H,1-3H3,(H,15,16). The van der Waals surface area contributed by atoms with Gasteiger partial charge in [0.15, 0.2) is 0 Å². The van der Waals surface area contributed by atoms with Gasteiger partial charge in [-0.05, 0) is 19.1 Å². The summed E-state index contributed by atoms with van der Waals surface area (Å²) >= 11 is 3.48. The van der Waals surface area contributed by atoms with Crippen LogP contribution in [0.4, 0.5) is 0 Å². The van der Waals surface area contributed by atoms with Crippen molar-refractivity contribution in [2.75, 3.05) is 0 Å². The second kappa shape index (κ2) is 4.42. The molecule has 0 aliphatic carbocycles. The van der Waals surface area contributed by atoms with Crippen molar-refractivity contribution in [1.82, 2.24) is 9.97 Å². The van der Waals surface area contributed by atoms with Gasteiger partial charge in [0, 0.05) is 21.6 Å². The molecule has 1 N–H and O–H groups in total. The summed E-state index contributed by atoms with van der Waals surface area (Å²) in [6.45, 7) is 6.35. The smallest absolute Gasteiger partial charge is 0.109 e. The van der Waals surface area contributed by atoms with Gasteiger partial charge in [0.2, 0.25) is 0 Å². The Morgan fingerprint density at radius 1 is 1.31 bits per heavy atom. The molecule has 0 aliphatic rings. The van der Waals surface area contributed by atoms with Crippen molar-refractivity contribution >= 4 is 15.9 Å². The van der Waals surface area contributed by atoms with Gasteiger partial charge >= 0.3 is 0 Å². The molecule has 84 valence electrons. The number of aryl methyl sites for hydroxylation is 1. The van der Waals surface area contributed by atoms with E-state index in [1.165, 1.54) is 0 Å². The van der Waals surface area contributed by atoms with E-state index in [0.717, 1.165) is 27.2 Å². The molecule has 0 amide bonds. The molecule has 0 fully saturated rings. The maximum absolute atomic E-state index is 4.64. The van der Waals surface area contributed by atoms with E-state index in [4.69, 9.17) is 0 Å². The highest BCUT2D eigenvalue weighted by Gasteiger charge is 2.11. The predicted octanol–water partition coefficient (Wildman–Crippen LogP) is 4.27. The molecule has 0 saturated heterocycles. The van der Waals surface area contributed by atoms with Crippen LogP contribution in [0.25, 0.3) is 11.3 Å². The van der Waals surface area contributed by atoms with E-state index in [2.05, 4.69) is 58.8 Å². The summed E-state index contributed by atoms with van der Waals surface area (Å²) in [7, 11) is 0. The first-order chi connectivity index (χ1) is 7.58. The van der Waals surface area contributed by atoms with E-state index in [0.29, 0.717) is 5.92 Å². The summed E-state index contributed by atoms with van der Waals surface area (Å²) in [5.41, 5.74) is 3.32. The highest BCUT2D eigenvalue weighted by molar-refractivity contribution is 9.10. The van der Waals surface area contributed by atoms with Gasteiger partial charge in [0.05, 0.1) is 5.69 Å². The SMILES string of the molecule is Cc1[nH]c(C(C)C)nc1-c1cccc(Br)c1. The minimum atomic E-state index is 0.430. The number of nitrogens with one attached hydrogen (secondary N) is 1. The molecule has 0 radical (unpaired) electrons. The summed E-state index contributed by atoms with van der Waals surface area (Å²) in [4.78, 5) is 7.98. The summed E-state index contributed by atoms with van der Waals surface area (Å²) in [5, 5.41) is 0. The van der Waals surface area contributed by atoms with Crippen molar-refractivity contribution in [2.24, 2.45) is 0 Å². The molecule has 2 aromatic rings. The number of rotatable bonds is 2. The van der Waals surface area contributed by atoms with Crippen molar-refractivity contribution in [1.29, 1.82) is 0 Å². The quantitative estimate of drug-likeness (QED) is 0.873. The Balaban J connectivity index is 2.48. The van der Waals surface area contributed by atoms with Gasteiger partial charge in [0.25, 0.3) is 0 Å². The van der Waals surface area contributed by atoms with Crippen LogP contribution in [-0.4, -0.2) is 9.97 Å². The van der Waals surface area contributed by atoms with Gasteiger partial charge in [-0.2, -0.15) is 0 Å². The van der Waals surface area contributed by atoms with Crippen LogP contribution in [-0.2, 0) is 0 Å². The van der Waals surface area contributed by atoms with Crippen molar-refractivity contribution in [2.45, 2.75) is 26.7 Å². The zero-order valence-electron chi connectivity index (χ0n) is 9.71. The maximum Gasteiger partial charge on any atom is 0.109 e. The first-order valence-corrected chi connectivity index (χ1v) is 6.19. The van der Waals surface area contributed by atoms with Gasteiger partial charge in [-0.15, -0.1) is 0 Å². The first kappa shape index (κ1) is 11.4. The summed E-state index contributed by atoms with van der Waals surface area (Å²) in [6, 6.07) is 8.22. The Kier molecular flexibility index (Phi) is 3.15. The molecule has 0 aliphatic heterocycles. The fourth-order valence-corrected chi connectivity index (χ4v) is 2.07. The molecule has 0 atom stereocenters. The van der Waals surface area contributed by atoms with E-state index in [-0.39, 0.29) is 0 Å². The molecule has 0 saturated carbocycles. The Morgan fingerprint density at radius 3 is 2.62 bits per heavy atom. The second-order valence-electron chi connectivity index (χ2n) is 4.26. The Labute approximate surface area is 104 Å². The summed E-state index contributed by atoms with van der Waals surface area (Å²) in [6.07, 6.45) is 0. The van der Waals surface area contributed by atoms with Crippen LogP contribution in [0.2, 0.25) is 0 Å². The van der Waals surface area contributed by atoms with Crippen LogP contribution in [0.3, 0.4) is 0 Å². The molecular weight excluding hydrogens is 264 g/mol. The number of aromatic amines is 1. The van der Waals surface area contributed by atoms with Gasteiger partial charge < -0.3 is 4.98 Å². The third kappa shape index (κ3) is 2.19. The molecule has 2 nitrogen and oxygen atoms in total. The lowest BCUT2D eigenvalue weighted by molar-refractivity contribution is 0.792. The van der Waals surface area contributed by atoms with Gasteiger partial charge in [-0.1, -0.05) is 41.9 Å². The normalized spacial score (nSPS) is 11.1. The van der Waals surface area contributed by atoms with Gasteiger partial charge in [-0.3, -0.25) is 0 Å². The largest absolute Gasteiger partial charge is 0.345 e. The van der Waals surface area contributed by atoms with Crippen LogP contribution in [0.5, 0.6) is 0 Å². The number of halogens is 1. The fourth-order valence-electron chi connectivity index (χ4n) is 1.67. The van der Waals surface area contributed by atoms with Crippen molar-refractivity contribution < 1.29 is 0 Å². The number of hydrogen-bond donors (Lipinski definition) is 1. The number of benzene rings is 1. The fraction of sp³-hybridized carbons (Fsp3) is 0.308. The molecule has 1 heterocycles. The molecule has 1 aromatic heterocycles. The van der Waals surface area contributed by atoms with Gasteiger partial charge in [0.1, 0.15) is 5.82 Å². The van der Waals surface area contributed by atoms with Crippen molar-refractivity contribution in [3.63, 3.8) is 0 Å². The second-order valence-corrected chi connectivity index (χ2v) is 5.18.